The number of nitrogens with one attached hydrogen (secondary N) is 2. The molecule has 0 bridgehead atoms. The topological polar surface area (TPSA) is 41.1 Å². The van der Waals surface area contributed by atoms with E-state index in [1.807, 2.05) is 13.8 Å². The Bertz CT molecular complexity index is 231. The van der Waals surface area contributed by atoms with Crippen LogP contribution in [-0.4, -0.2) is 18.1 Å². The van der Waals surface area contributed by atoms with E-state index in [9.17, 15) is 4.79 Å². The Kier molecular flexibility index (Phi) is 2.41. The van der Waals surface area contributed by atoms with E-state index in [0.717, 1.165) is 0 Å². The molecule has 2 fully saturated rings. The molecule has 1 unspecified atom stereocenters. The molecule has 80 valence electrons. The number of carbonyl (C=O) groups is 1. The van der Waals surface area contributed by atoms with E-state index in [1.54, 1.807) is 0 Å². The monoisotopic (exact) mass is 196 g/mol. The molecule has 2 aliphatic rings. The molecular weight excluding hydrogens is 176 g/mol. The van der Waals surface area contributed by atoms with E-state index >= 15 is 0 Å². The smallest absolute Gasteiger partial charge is 0.315 e. The summed E-state index contributed by atoms with van der Waals surface area (Å²) in [5.41, 5.74) is 0.508. The van der Waals surface area contributed by atoms with Gasteiger partial charge in [0.2, 0.25) is 0 Å². The summed E-state index contributed by atoms with van der Waals surface area (Å²) in [6.45, 7) is 3.97. The van der Waals surface area contributed by atoms with Gasteiger partial charge in [0.05, 0.1) is 0 Å². The number of urea groups is 1. The number of amides is 2. The summed E-state index contributed by atoms with van der Waals surface area (Å²) in [4.78, 5) is 11.4. The van der Waals surface area contributed by atoms with E-state index < -0.39 is 0 Å². The molecule has 14 heavy (non-hydrogen) atoms. The molecule has 3 nitrogen and oxygen atoms in total. The van der Waals surface area contributed by atoms with Gasteiger partial charge in [-0.25, -0.2) is 4.79 Å². The first-order valence-electron chi connectivity index (χ1n) is 5.69. The van der Waals surface area contributed by atoms with Crippen molar-refractivity contribution in [1.29, 1.82) is 0 Å². The molecule has 2 amide bonds. The quantitative estimate of drug-likeness (QED) is 0.697. The minimum Gasteiger partial charge on any atom is -0.336 e. The van der Waals surface area contributed by atoms with Gasteiger partial charge in [0, 0.05) is 12.1 Å². The van der Waals surface area contributed by atoms with Gasteiger partial charge in [-0.2, -0.15) is 0 Å². The lowest BCUT2D eigenvalue weighted by Gasteiger charge is -2.12. The fourth-order valence-electron chi connectivity index (χ4n) is 2.65. The molecule has 3 heteroatoms. The SMILES string of the molecule is CC(C)NC(=O)NC1CC12CCCC2. The standard InChI is InChI=1S/C11H20N2O/c1-8(2)12-10(14)13-9-7-11(9)5-3-4-6-11/h8-9H,3-7H2,1-2H3,(H2,12,13,14). The Morgan fingerprint density at radius 2 is 2.00 bits per heavy atom. The molecular formula is C11H20N2O. The molecule has 1 atom stereocenters. The van der Waals surface area contributed by atoms with Crippen LogP contribution in [0.2, 0.25) is 0 Å². The second-order valence-corrected chi connectivity index (χ2v) is 5.10. The molecule has 2 rings (SSSR count). The Morgan fingerprint density at radius 3 is 2.57 bits per heavy atom. The van der Waals surface area contributed by atoms with Gasteiger partial charge in [-0.3, -0.25) is 0 Å². The van der Waals surface area contributed by atoms with Crippen molar-refractivity contribution < 1.29 is 4.79 Å². The first-order chi connectivity index (χ1) is 6.62. The Morgan fingerprint density at radius 1 is 1.36 bits per heavy atom. The predicted molar refractivity (Wildman–Crippen MR) is 56.1 cm³/mol. The maximum atomic E-state index is 11.4. The number of hydrogen-bond acceptors (Lipinski definition) is 1. The summed E-state index contributed by atoms with van der Waals surface area (Å²) >= 11 is 0. The van der Waals surface area contributed by atoms with Crippen LogP contribution in [0.3, 0.4) is 0 Å². The van der Waals surface area contributed by atoms with Crippen molar-refractivity contribution in [2.24, 2.45) is 5.41 Å². The molecule has 2 N–H and O–H groups in total. The molecule has 0 aromatic heterocycles. The van der Waals surface area contributed by atoms with Crippen LogP contribution in [0.5, 0.6) is 0 Å². The number of rotatable bonds is 2. The van der Waals surface area contributed by atoms with Gasteiger partial charge in [0.15, 0.2) is 0 Å². The van der Waals surface area contributed by atoms with Crippen molar-refractivity contribution >= 4 is 6.03 Å². The third-order valence-electron chi connectivity index (χ3n) is 3.51. The van der Waals surface area contributed by atoms with E-state index in [2.05, 4.69) is 10.6 Å². The largest absolute Gasteiger partial charge is 0.336 e. The van der Waals surface area contributed by atoms with Gasteiger partial charge in [0.1, 0.15) is 0 Å². The maximum Gasteiger partial charge on any atom is 0.315 e. The molecule has 0 radical (unpaired) electrons. The molecule has 0 heterocycles. The normalized spacial score (nSPS) is 28.1. The van der Waals surface area contributed by atoms with Crippen molar-refractivity contribution in [1.82, 2.24) is 10.6 Å². The van der Waals surface area contributed by atoms with Crippen LogP contribution < -0.4 is 10.6 Å². The zero-order valence-electron chi connectivity index (χ0n) is 9.10. The highest BCUT2D eigenvalue weighted by Crippen LogP contribution is 2.57. The van der Waals surface area contributed by atoms with Crippen molar-refractivity contribution in [2.75, 3.05) is 0 Å². The zero-order chi connectivity index (χ0) is 10.2. The minimum atomic E-state index is 0.00812. The van der Waals surface area contributed by atoms with Gasteiger partial charge in [-0.1, -0.05) is 12.8 Å². The molecule has 2 saturated carbocycles. The summed E-state index contributed by atoms with van der Waals surface area (Å²) in [6, 6.07) is 0.700. The fourth-order valence-corrected chi connectivity index (χ4v) is 2.65. The van der Waals surface area contributed by atoms with Crippen molar-refractivity contribution in [3.63, 3.8) is 0 Å². The average Bonchev–Trinajstić information content (AvgIpc) is 2.56. The Labute approximate surface area is 85.6 Å². The number of carbonyl (C=O) groups excluding carboxylic acids is 1. The summed E-state index contributed by atoms with van der Waals surface area (Å²) < 4.78 is 0. The van der Waals surface area contributed by atoms with Gasteiger partial charge in [-0.15, -0.1) is 0 Å². The highest BCUT2D eigenvalue weighted by Gasteiger charge is 2.55. The lowest BCUT2D eigenvalue weighted by atomic mass is 10.1. The van der Waals surface area contributed by atoms with Crippen LogP contribution in [0.4, 0.5) is 4.79 Å². The second kappa shape index (κ2) is 3.44. The van der Waals surface area contributed by atoms with Crippen LogP contribution in [0, 0.1) is 5.41 Å². The molecule has 1 spiro atoms. The Balaban J connectivity index is 1.75. The van der Waals surface area contributed by atoms with E-state index in [1.165, 1.54) is 32.1 Å². The first kappa shape index (κ1) is 9.81. The Hall–Kier alpha value is -0.730. The average molecular weight is 196 g/mol. The highest BCUT2D eigenvalue weighted by molar-refractivity contribution is 5.75. The third-order valence-corrected chi connectivity index (χ3v) is 3.51. The summed E-state index contributed by atoms with van der Waals surface area (Å²) in [5.74, 6) is 0. The van der Waals surface area contributed by atoms with E-state index in [4.69, 9.17) is 0 Å². The van der Waals surface area contributed by atoms with E-state index in [0.29, 0.717) is 11.5 Å². The first-order valence-corrected chi connectivity index (χ1v) is 5.69. The molecule has 0 saturated heterocycles. The van der Waals surface area contributed by atoms with Crippen molar-refractivity contribution in [2.45, 2.75) is 58.0 Å². The summed E-state index contributed by atoms with van der Waals surface area (Å²) in [7, 11) is 0. The van der Waals surface area contributed by atoms with Crippen molar-refractivity contribution in [3.8, 4) is 0 Å². The predicted octanol–water partition coefficient (Wildman–Crippen LogP) is 2.03. The minimum absolute atomic E-state index is 0.00812. The van der Waals surface area contributed by atoms with E-state index in [-0.39, 0.29) is 12.1 Å². The number of hydrogen-bond donors (Lipinski definition) is 2. The second-order valence-electron chi connectivity index (χ2n) is 5.10. The molecule has 2 aliphatic carbocycles. The zero-order valence-corrected chi connectivity index (χ0v) is 9.10. The maximum absolute atomic E-state index is 11.4. The van der Waals surface area contributed by atoms with Gasteiger partial charge >= 0.3 is 6.03 Å². The van der Waals surface area contributed by atoms with Crippen LogP contribution in [0.25, 0.3) is 0 Å². The van der Waals surface area contributed by atoms with Crippen LogP contribution in [0.15, 0.2) is 0 Å². The van der Waals surface area contributed by atoms with Gasteiger partial charge < -0.3 is 10.6 Å². The van der Waals surface area contributed by atoms with Crippen LogP contribution >= 0.6 is 0 Å². The highest BCUT2D eigenvalue weighted by atomic mass is 16.2. The van der Waals surface area contributed by atoms with Crippen LogP contribution in [-0.2, 0) is 0 Å². The van der Waals surface area contributed by atoms with Crippen LogP contribution in [0.1, 0.15) is 46.0 Å². The summed E-state index contributed by atoms with van der Waals surface area (Å²) in [5, 5.41) is 5.94. The molecule has 0 aromatic carbocycles. The molecule has 0 aromatic rings. The molecule has 0 aliphatic heterocycles. The lowest BCUT2D eigenvalue weighted by molar-refractivity contribution is 0.236. The lowest BCUT2D eigenvalue weighted by Crippen LogP contribution is -2.41. The van der Waals surface area contributed by atoms with Crippen molar-refractivity contribution in [3.05, 3.63) is 0 Å². The fraction of sp³-hybridized carbons (Fsp3) is 0.909. The van der Waals surface area contributed by atoms with Gasteiger partial charge in [0.25, 0.3) is 0 Å². The van der Waals surface area contributed by atoms with Gasteiger partial charge in [-0.05, 0) is 38.5 Å². The third kappa shape index (κ3) is 1.86. The summed E-state index contributed by atoms with van der Waals surface area (Å²) in [6.07, 6.45) is 6.55.